The van der Waals surface area contributed by atoms with Crippen LogP contribution in [-0.2, 0) is 0 Å². The van der Waals surface area contributed by atoms with Crippen molar-refractivity contribution in [2.75, 3.05) is 13.1 Å². The quantitative estimate of drug-likeness (QED) is 0.280. The van der Waals surface area contributed by atoms with E-state index in [9.17, 15) is 39.5 Å². The third-order valence-electron chi connectivity index (χ3n) is 17.1. The number of hydrogen-bond acceptors (Lipinski definition) is 3. The van der Waals surface area contributed by atoms with Gasteiger partial charge in [-0.2, -0.15) is 39.5 Å². The predicted molar refractivity (Wildman–Crippen MR) is 190 cm³/mol. The SMILES string of the molecule is FC(F)(F)C1CC(C2CC(C3CCC(N4CCC5CCCCC54)CC3)NC(C3CCC(N4CCC5CCCCC54)CC3)C2)CC(C(F)(F)F)C1C(F)(F)F. The van der Waals surface area contributed by atoms with Gasteiger partial charge in [-0.05, 0) is 164 Å². The van der Waals surface area contributed by atoms with E-state index >= 15 is 0 Å². The summed E-state index contributed by atoms with van der Waals surface area (Å²) in [7, 11) is 0. The minimum atomic E-state index is -5.58. The van der Waals surface area contributed by atoms with Gasteiger partial charge >= 0.3 is 18.5 Å². The molecule has 8 fully saturated rings. The van der Waals surface area contributed by atoms with E-state index in [0.717, 1.165) is 76.3 Å². The molecule has 3 heterocycles. The van der Waals surface area contributed by atoms with Gasteiger partial charge in [0.1, 0.15) is 0 Å². The minimum absolute atomic E-state index is 0.0241. The molecule has 0 bridgehead atoms. The summed E-state index contributed by atoms with van der Waals surface area (Å²) in [4.78, 5) is 5.53. The van der Waals surface area contributed by atoms with Crippen LogP contribution in [0.1, 0.15) is 141 Å². The lowest BCUT2D eigenvalue weighted by atomic mass is 9.60. The van der Waals surface area contributed by atoms with E-state index in [2.05, 4.69) is 15.1 Å². The monoisotopic (exact) mass is 781 g/mol. The molecule has 3 nitrogen and oxygen atoms in total. The molecule has 0 aromatic rings. The van der Waals surface area contributed by atoms with Crippen LogP contribution in [0, 0.1) is 53.3 Å². The first kappa shape index (κ1) is 40.0. The highest BCUT2D eigenvalue weighted by Gasteiger charge is 2.66. The maximum absolute atomic E-state index is 14.4. The molecular weight excluding hydrogens is 717 g/mol. The van der Waals surface area contributed by atoms with Crippen LogP contribution in [-0.4, -0.2) is 77.7 Å². The Kier molecular flexibility index (Phi) is 11.7. The van der Waals surface area contributed by atoms with E-state index < -0.39 is 61.0 Å². The highest BCUT2D eigenvalue weighted by Crippen LogP contribution is 2.59. The van der Waals surface area contributed by atoms with Gasteiger partial charge < -0.3 is 5.32 Å². The number of nitrogens with zero attached hydrogens (tertiary/aromatic N) is 2. The Bertz CT molecular complexity index is 1150. The Morgan fingerprint density at radius 3 is 1.15 bits per heavy atom. The van der Waals surface area contributed by atoms with Crippen LogP contribution < -0.4 is 5.32 Å². The third-order valence-corrected chi connectivity index (χ3v) is 17.1. The van der Waals surface area contributed by atoms with Gasteiger partial charge in [-0.25, -0.2) is 0 Å². The van der Waals surface area contributed by atoms with Gasteiger partial charge in [0.05, 0.1) is 17.8 Å². The van der Waals surface area contributed by atoms with Crippen LogP contribution in [0.15, 0.2) is 0 Å². The van der Waals surface area contributed by atoms with E-state index in [0.29, 0.717) is 37.0 Å². The number of hydrogen-bond donors (Lipinski definition) is 1. The number of rotatable bonds is 5. The van der Waals surface area contributed by atoms with Gasteiger partial charge in [0.15, 0.2) is 0 Å². The lowest BCUT2D eigenvalue weighted by molar-refractivity contribution is -0.318. The van der Waals surface area contributed by atoms with Crippen LogP contribution in [0.3, 0.4) is 0 Å². The number of piperidine rings is 1. The van der Waals surface area contributed by atoms with Crippen molar-refractivity contribution in [3.63, 3.8) is 0 Å². The summed E-state index contributed by atoms with van der Waals surface area (Å²) >= 11 is 0. The molecule has 3 aliphatic heterocycles. The minimum Gasteiger partial charge on any atom is -0.311 e. The standard InChI is InChI=1S/C42H64F9N3/c43-40(44,45)33-21-29(22-34(41(46,47)48)39(33)42(49,50)51)30-23-35(25-9-13-31(14-10-25)53-19-17-27-5-1-3-7-37(27)53)52-36(24-30)26-11-15-32(16-12-26)54-20-18-28-6-2-4-8-38(28)54/h25-39,52H,1-24H2. The van der Waals surface area contributed by atoms with Gasteiger partial charge in [-0.1, -0.05) is 25.7 Å². The first-order chi connectivity index (χ1) is 25.6. The van der Waals surface area contributed by atoms with Crippen molar-refractivity contribution in [1.82, 2.24) is 15.1 Å². The van der Waals surface area contributed by atoms with Crippen molar-refractivity contribution >= 4 is 0 Å². The molecule has 0 amide bonds. The molecule has 0 aromatic heterocycles. The first-order valence-corrected chi connectivity index (χ1v) is 22.1. The maximum atomic E-state index is 14.4. The maximum Gasteiger partial charge on any atom is 0.393 e. The molecule has 0 aromatic carbocycles. The lowest BCUT2D eigenvalue weighted by Crippen LogP contribution is -2.57. The summed E-state index contributed by atoms with van der Waals surface area (Å²) in [6.45, 7) is 2.30. The fraction of sp³-hybridized carbons (Fsp3) is 1.00. The fourth-order valence-corrected chi connectivity index (χ4v) is 14.5. The smallest absolute Gasteiger partial charge is 0.311 e. The van der Waals surface area contributed by atoms with Crippen molar-refractivity contribution in [2.24, 2.45) is 53.3 Å². The molecule has 310 valence electrons. The zero-order valence-corrected chi connectivity index (χ0v) is 31.9. The zero-order valence-electron chi connectivity index (χ0n) is 31.9. The molecule has 5 aliphatic carbocycles. The third kappa shape index (κ3) is 8.25. The van der Waals surface area contributed by atoms with Crippen molar-refractivity contribution in [3.8, 4) is 0 Å². The van der Waals surface area contributed by atoms with E-state index in [1.807, 2.05) is 0 Å². The summed E-state index contributed by atoms with van der Waals surface area (Å²) in [5.41, 5.74) is 0. The number of halogens is 9. The molecule has 54 heavy (non-hydrogen) atoms. The topological polar surface area (TPSA) is 18.5 Å². The van der Waals surface area contributed by atoms with E-state index in [1.165, 1.54) is 64.2 Å². The van der Waals surface area contributed by atoms with Crippen molar-refractivity contribution < 1.29 is 39.5 Å². The molecule has 0 radical (unpaired) electrons. The molecule has 8 rings (SSSR count). The van der Waals surface area contributed by atoms with Gasteiger partial charge in [0.25, 0.3) is 0 Å². The number of alkyl halides is 9. The molecule has 8 aliphatic rings. The molecule has 3 saturated heterocycles. The lowest BCUT2D eigenvalue weighted by Gasteiger charge is -2.51. The van der Waals surface area contributed by atoms with E-state index in [-0.39, 0.29) is 23.9 Å². The van der Waals surface area contributed by atoms with E-state index in [1.54, 1.807) is 0 Å². The molecule has 0 spiro atoms. The van der Waals surface area contributed by atoms with E-state index in [4.69, 9.17) is 0 Å². The molecule has 1 N–H and O–H groups in total. The normalized spacial score (nSPS) is 46.3. The van der Waals surface area contributed by atoms with Crippen LogP contribution in [0.25, 0.3) is 0 Å². The summed E-state index contributed by atoms with van der Waals surface area (Å²) in [5.74, 6) is -8.84. The second-order valence-electron chi connectivity index (χ2n) is 19.6. The first-order valence-electron chi connectivity index (χ1n) is 22.1. The van der Waals surface area contributed by atoms with Crippen LogP contribution in [0.2, 0.25) is 0 Å². The van der Waals surface area contributed by atoms with Gasteiger partial charge in [-0.3, -0.25) is 9.80 Å². The average molecular weight is 782 g/mol. The molecule has 8 atom stereocenters. The zero-order chi connectivity index (χ0) is 38.0. The molecule has 8 unspecified atom stereocenters. The number of nitrogens with one attached hydrogen (secondary N) is 1. The molecule has 5 saturated carbocycles. The molecular formula is C42H64F9N3. The fourth-order valence-electron chi connectivity index (χ4n) is 14.5. The summed E-state index contributed by atoms with van der Waals surface area (Å²) in [6, 6.07) is 2.37. The van der Waals surface area contributed by atoms with Crippen molar-refractivity contribution in [3.05, 3.63) is 0 Å². The Balaban J connectivity index is 0.990. The molecule has 12 heteroatoms. The van der Waals surface area contributed by atoms with Gasteiger partial charge in [0.2, 0.25) is 0 Å². The highest BCUT2D eigenvalue weighted by molar-refractivity contribution is 5.03. The van der Waals surface area contributed by atoms with Gasteiger partial charge in [-0.15, -0.1) is 0 Å². The summed E-state index contributed by atoms with van der Waals surface area (Å²) < 4.78 is 129. The average Bonchev–Trinajstić information content (AvgIpc) is 3.78. The number of fused-ring (bicyclic) bond motifs is 2. The Morgan fingerprint density at radius 1 is 0.370 bits per heavy atom. The second kappa shape index (κ2) is 15.8. The summed E-state index contributed by atoms with van der Waals surface area (Å²) in [5, 5.41) is 3.99. The van der Waals surface area contributed by atoms with Crippen molar-refractivity contribution in [1.29, 1.82) is 0 Å². The largest absolute Gasteiger partial charge is 0.393 e. The predicted octanol–water partition coefficient (Wildman–Crippen LogP) is 11.3. The van der Waals surface area contributed by atoms with Crippen molar-refractivity contribution in [2.45, 2.75) is 196 Å². The number of likely N-dealkylation sites (tertiary alicyclic amines) is 2. The summed E-state index contributed by atoms with van der Waals surface area (Å²) in [6.07, 6.45) is 4.04. The highest BCUT2D eigenvalue weighted by atomic mass is 19.4. The Morgan fingerprint density at radius 2 is 0.759 bits per heavy atom. The van der Waals surface area contributed by atoms with Gasteiger partial charge in [0, 0.05) is 36.3 Å². The van der Waals surface area contributed by atoms with Crippen LogP contribution >= 0.6 is 0 Å². The van der Waals surface area contributed by atoms with Crippen LogP contribution in [0.5, 0.6) is 0 Å². The Labute approximate surface area is 316 Å². The Hall–Kier alpha value is -0.750. The second-order valence-corrected chi connectivity index (χ2v) is 19.6. The van der Waals surface area contributed by atoms with Crippen LogP contribution in [0.4, 0.5) is 39.5 Å².